The van der Waals surface area contributed by atoms with Crippen LogP contribution in [0, 0.1) is 0 Å². The van der Waals surface area contributed by atoms with Crippen molar-refractivity contribution < 1.29 is 13.9 Å². The van der Waals surface area contributed by atoms with Crippen LogP contribution in [0.1, 0.15) is 52.7 Å². The largest absolute Gasteiger partial charge is 0.765 e. The third-order valence-electron chi connectivity index (χ3n) is 3.75. The summed E-state index contributed by atoms with van der Waals surface area (Å²) in [6, 6.07) is 15.1. The normalized spacial score (nSPS) is 13.5. The van der Waals surface area contributed by atoms with Gasteiger partial charge in [0.2, 0.25) is 8.60 Å². The molecule has 2 aromatic rings. The van der Waals surface area contributed by atoms with Crippen molar-refractivity contribution in [3.63, 3.8) is 0 Å². The molecule has 0 aliphatic rings. The SMILES string of the molecule is CC(C)(C)c1ccc(OP([O-])Oc2ccccc2)c(C(C)(C)C)c1. The Hall–Kier alpha value is -1.57. The molecule has 3 nitrogen and oxygen atoms in total. The second-order valence-electron chi connectivity index (χ2n) is 7.93. The van der Waals surface area contributed by atoms with Gasteiger partial charge in [-0.3, -0.25) is 0 Å². The molecule has 0 amide bonds. The Morgan fingerprint density at radius 2 is 1.42 bits per heavy atom. The molecule has 0 aromatic heterocycles. The van der Waals surface area contributed by atoms with Crippen molar-refractivity contribution in [2.24, 2.45) is 0 Å². The molecule has 2 aromatic carbocycles. The molecule has 0 heterocycles. The van der Waals surface area contributed by atoms with Crippen molar-refractivity contribution in [1.82, 2.24) is 0 Å². The first kappa shape index (κ1) is 18.8. The Bertz CT molecular complexity index is 670. The molecule has 0 N–H and O–H groups in total. The second kappa shape index (κ2) is 7.13. The van der Waals surface area contributed by atoms with E-state index in [9.17, 15) is 4.89 Å². The van der Waals surface area contributed by atoms with Gasteiger partial charge in [-0.05, 0) is 34.6 Å². The van der Waals surface area contributed by atoms with Crippen molar-refractivity contribution in [3.05, 3.63) is 59.7 Å². The van der Waals surface area contributed by atoms with Gasteiger partial charge in [0.15, 0.2) is 0 Å². The summed E-state index contributed by atoms with van der Waals surface area (Å²) in [5.74, 6) is 1.13. The summed E-state index contributed by atoms with van der Waals surface area (Å²) < 4.78 is 11.0. The minimum Gasteiger partial charge on any atom is -0.765 e. The predicted molar refractivity (Wildman–Crippen MR) is 98.5 cm³/mol. The van der Waals surface area contributed by atoms with Gasteiger partial charge < -0.3 is 13.9 Å². The van der Waals surface area contributed by atoms with E-state index >= 15 is 0 Å². The lowest BCUT2D eigenvalue weighted by Crippen LogP contribution is -2.18. The Morgan fingerprint density at radius 3 is 1.96 bits per heavy atom. The van der Waals surface area contributed by atoms with E-state index in [-0.39, 0.29) is 10.8 Å². The average molecular weight is 345 g/mol. The van der Waals surface area contributed by atoms with E-state index < -0.39 is 8.60 Å². The van der Waals surface area contributed by atoms with Crippen LogP contribution in [0.5, 0.6) is 11.5 Å². The van der Waals surface area contributed by atoms with Crippen LogP contribution in [0.2, 0.25) is 0 Å². The number of hydrogen-bond acceptors (Lipinski definition) is 3. The molecule has 0 spiro atoms. The van der Waals surface area contributed by atoms with Gasteiger partial charge in [-0.1, -0.05) is 71.9 Å². The maximum absolute atomic E-state index is 12.2. The van der Waals surface area contributed by atoms with E-state index in [1.807, 2.05) is 30.3 Å². The standard InChI is InChI=1S/C20H26O3P/c1-19(2,3)15-12-13-18(17(14-15)20(4,5)6)23-24(21)22-16-10-8-7-9-11-16/h7-14H,1-6H3/q-1. The molecule has 1 unspecified atom stereocenters. The van der Waals surface area contributed by atoms with Crippen molar-refractivity contribution in [2.75, 3.05) is 0 Å². The first-order valence-corrected chi connectivity index (χ1v) is 9.20. The fraction of sp³-hybridized carbons (Fsp3) is 0.400. The Kier molecular flexibility index (Phi) is 5.57. The number of benzene rings is 2. The van der Waals surface area contributed by atoms with Gasteiger partial charge in [0.25, 0.3) is 0 Å². The van der Waals surface area contributed by atoms with Crippen LogP contribution in [0.15, 0.2) is 48.5 Å². The van der Waals surface area contributed by atoms with Gasteiger partial charge >= 0.3 is 0 Å². The highest BCUT2D eigenvalue weighted by molar-refractivity contribution is 7.39. The number of rotatable bonds is 4. The summed E-state index contributed by atoms with van der Waals surface area (Å²) in [6.07, 6.45) is 0. The molecule has 24 heavy (non-hydrogen) atoms. The van der Waals surface area contributed by atoms with Gasteiger partial charge in [0.05, 0.1) is 0 Å². The quantitative estimate of drug-likeness (QED) is 0.704. The molecule has 130 valence electrons. The molecular formula is C20H26O3P-. The molecule has 4 heteroatoms. The van der Waals surface area contributed by atoms with Gasteiger partial charge in [-0.2, -0.15) is 0 Å². The van der Waals surface area contributed by atoms with Crippen molar-refractivity contribution in [2.45, 2.75) is 52.4 Å². The highest BCUT2D eigenvalue weighted by atomic mass is 31.2. The maximum atomic E-state index is 12.2. The maximum Gasteiger partial charge on any atom is 0.210 e. The Labute approximate surface area is 146 Å². The van der Waals surface area contributed by atoms with Crippen LogP contribution in [0.3, 0.4) is 0 Å². The molecular weight excluding hydrogens is 319 g/mol. The molecule has 1 atom stereocenters. The number of para-hydroxylation sites is 1. The fourth-order valence-electron chi connectivity index (χ4n) is 2.33. The summed E-state index contributed by atoms with van der Waals surface area (Å²) >= 11 is 0. The van der Waals surface area contributed by atoms with Crippen molar-refractivity contribution >= 4 is 8.60 Å². The van der Waals surface area contributed by atoms with Crippen LogP contribution in [-0.2, 0) is 10.8 Å². The smallest absolute Gasteiger partial charge is 0.210 e. The lowest BCUT2D eigenvalue weighted by Gasteiger charge is -2.30. The van der Waals surface area contributed by atoms with Crippen LogP contribution in [-0.4, -0.2) is 0 Å². The molecule has 0 saturated heterocycles. The predicted octanol–water partition coefficient (Wildman–Crippen LogP) is 5.33. The summed E-state index contributed by atoms with van der Waals surface area (Å²) in [5, 5.41) is 0. The monoisotopic (exact) mass is 345 g/mol. The average Bonchev–Trinajstić information content (AvgIpc) is 2.46. The third-order valence-corrected chi connectivity index (χ3v) is 4.46. The highest BCUT2D eigenvalue weighted by Crippen LogP contribution is 2.40. The zero-order valence-corrected chi connectivity index (χ0v) is 16.2. The third kappa shape index (κ3) is 4.96. The van der Waals surface area contributed by atoms with Crippen molar-refractivity contribution in [1.29, 1.82) is 0 Å². The molecule has 2 rings (SSSR count). The van der Waals surface area contributed by atoms with Gasteiger partial charge in [-0.15, -0.1) is 0 Å². The van der Waals surface area contributed by atoms with Crippen LogP contribution in [0.25, 0.3) is 0 Å². The molecule has 0 fully saturated rings. The van der Waals surface area contributed by atoms with E-state index in [2.05, 4.69) is 47.6 Å². The lowest BCUT2D eigenvalue weighted by molar-refractivity contribution is -0.189. The summed E-state index contributed by atoms with van der Waals surface area (Å²) in [4.78, 5) is 12.2. The fourth-order valence-corrected chi connectivity index (χ4v) is 2.98. The molecule has 0 radical (unpaired) electrons. The van der Waals surface area contributed by atoms with E-state index in [1.165, 1.54) is 5.56 Å². The van der Waals surface area contributed by atoms with Crippen molar-refractivity contribution in [3.8, 4) is 11.5 Å². The van der Waals surface area contributed by atoms with Crippen LogP contribution in [0.4, 0.5) is 0 Å². The summed E-state index contributed by atoms with van der Waals surface area (Å²) in [7, 11) is -2.28. The lowest BCUT2D eigenvalue weighted by atomic mass is 9.80. The first-order valence-electron chi connectivity index (χ1n) is 8.10. The van der Waals surface area contributed by atoms with Gasteiger partial charge in [0.1, 0.15) is 11.5 Å². The highest BCUT2D eigenvalue weighted by Gasteiger charge is 2.23. The van der Waals surface area contributed by atoms with Crippen LogP contribution >= 0.6 is 8.60 Å². The molecule has 0 bridgehead atoms. The van der Waals surface area contributed by atoms with E-state index in [0.29, 0.717) is 11.5 Å². The second-order valence-corrected chi connectivity index (χ2v) is 8.74. The van der Waals surface area contributed by atoms with Gasteiger partial charge in [0, 0.05) is 5.56 Å². The Morgan fingerprint density at radius 1 is 0.792 bits per heavy atom. The van der Waals surface area contributed by atoms with E-state index in [4.69, 9.17) is 9.05 Å². The van der Waals surface area contributed by atoms with E-state index in [0.717, 1.165) is 5.56 Å². The summed E-state index contributed by atoms with van der Waals surface area (Å²) in [6.45, 7) is 12.9. The minimum atomic E-state index is -2.28. The zero-order valence-electron chi connectivity index (χ0n) is 15.3. The molecule has 0 aliphatic carbocycles. The van der Waals surface area contributed by atoms with E-state index in [1.54, 1.807) is 12.1 Å². The molecule has 0 saturated carbocycles. The minimum absolute atomic E-state index is 0.0429. The van der Waals surface area contributed by atoms with Crippen LogP contribution < -0.4 is 13.9 Å². The molecule has 0 aliphatic heterocycles. The number of hydrogen-bond donors (Lipinski definition) is 0. The summed E-state index contributed by atoms with van der Waals surface area (Å²) in [5.41, 5.74) is 2.16. The Balaban J connectivity index is 2.26. The first-order chi connectivity index (χ1) is 11.1. The zero-order chi connectivity index (χ0) is 18.0. The topological polar surface area (TPSA) is 41.5 Å². The van der Waals surface area contributed by atoms with Gasteiger partial charge in [-0.25, -0.2) is 0 Å².